The van der Waals surface area contributed by atoms with Gasteiger partial charge in [0.15, 0.2) is 0 Å². The normalized spacial score (nSPS) is 12.1. The Labute approximate surface area is 121 Å². The molecule has 2 N–H and O–H groups in total. The number of carbonyl (C=O) groups is 1. The molecule has 0 bridgehead atoms. The van der Waals surface area contributed by atoms with Gasteiger partial charge in [-0.15, -0.1) is 0 Å². The second-order valence-corrected chi connectivity index (χ2v) is 4.54. The van der Waals surface area contributed by atoms with Crippen LogP contribution in [-0.2, 0) is 6.54 Å². The number of nitrogens with zero attached hydrogens (tertiary/aromatic N) is 3. The minimum absolute atomic E-state index is 0.0898. The number of imidazole rings is 1. The molecule has 0 saturated heterocycles. The second-order valence-electron chi connectivity index (χ2n) is 4.54. The van der Waals surface area contributed by atoms with Crippen molar-refractivity contribution in [3.63, 3.8) is 0 Å². The summed E-state index contributed by atoms with van der Waals surface area (Å²) < 4.78 is 1.56. The minimum atomic E-state index is -0.507. The molecule has 8 nitrogen and oxygen atoms in total. The first-order valence-electron chi connectivity index (χ1n) is 6.71. The molecule has 1 atom stereocenters. The maximum Gasteiger partial charge on any atom is 0.287 e. The number of aromatic amines is 1. The highest BCUT2D eigenvalue weighted by Gasteiger charge is 2.22. The van der Waals surface area contributed by atoms with E-state index >= 15 is 0 Å². The molecule has 1 amide bonds. The van der Waals surface area contributed by atoms with Crippen LogP contribution < -0.4 is 5.32 Å². The van der Waals surface area contributed by atoms with Crippen molar-refractivity contribution in [2.24, 2.45) is 0 Å². The van der Waals surface area contributed by atoms with Crippen molar-refractivity contribution in [1.29, 1.82) is 0 Å². The Morgan fingerprint density at radius 3 is 2.86 bits per heavy atom. The van der Waals surface area contributed by atoms with E-state index in [4.69, 9.17) is 0 Å². The lowest BCUT2D eigenvalue weighted by molar-refractivity contribution is -0.384. The van der Waals surface area contributed by atoms with Crippen LogP contribution in [0.5, 0.6) is 0 Å². The van der Waals surface area contributed by atoms with E-state index in [1.165, 1.54) is 12.3 Å². The first kappa shape index (κ1) is 14.8. The van der Waals surface area contributed by atoms with Crippen molar-refractivity contribution in [2.75, 3.05) is 0 Å². The lowest BCUT2D eigenvalue weighted by Gasteiger charge is -2.15. The third-order valence-electron chi connectivity index (χ3n) is 3.23. The first-order valence-corrected chi connectivity index (χ1v) is 6.71. The summed E-state index contributed by atoms with van der Waals surface area (Å²) in [5.74, 6) is 0.308. The van der Waals surface area contributed by atoms with Crippen LogP contribution in [0.1, 0.15) is 42.6 Å². The summed E-state index contributed by atoms with van der Waals surface area (Å²) in [5, 5.41) is 13.7. The number of amides is 1. The van der Waals surface area contributed by atoms with Crippen molar-refractivity contribution < 1.29 is 9.72 Å². The highest BCUT2D eigenvalue weighted by Crippen LogP contribution is 2.18. The molecule has 0 saturated carbocycles. The van der Waals surface area contributed by atoms with E-state index in [1.807, 2.05) is 13.8 Å². The number of hydrogen-bond donors (Lipinski definition) is 2. The molecule has 2 heterocycles. The highest BCUT2D eigenvalue weighted by molar-refractivity contribution is 5.93. The summed E-state index contributed by atoms with van der Waals surface area (Å²) in [6.45, 7) is 4.23. The van der Waals surface area contributed by atoms with Crippen molar-refractivity contribution in [3.8, 4) is 0 Å². The number of aromatic nitrogens is 3. The summed E-state index contributed by atoms with van der Waals surface area (Å²) >= 11 is 0. The molecule has 0 spiro atoms. The van der Waals surface area contributed by atoms with Gasteiger partial charge in [0.1, 0.15) is 11.5 Å². The van der Waals surface area contributed by atoms with Crippen molar-refractivity contribution >= 4 is 11.6 Å². The van der Waals surface area contributed by atoms with Crippen LogP contribution in [-0.4, -0.2) is 25.4 Å². The van der Waals surface area contributed by atoms with Crippen molar-refractivity contribution in [1.82, 2.24) is 19.9 Å². The Morgan fingerprint density at radius 1 is 1.57 bits per heavy atom. The van der Waals surface area contributed by atoms with Crippen LogP contribution in [0.15, 0.2) is 24.7 Å². The quantitative estimate of drug-likeness (QED) is 0.627. The lowest BCUT2D eigenvalue weighted by Crippen LogP contribution is -2.30. The maximum atomic E-state index is 12.3. The van der Waals surface area contributed by atoms with E-state index in [0.29, 0.717) is 18.8 Å². The van der Waals surface area contributed by atoms with Crippen LogP contribution >= 0.6 is 0 Å². The van der Waals surface area contributed by atoms with Crippen LogP contribution in [0.4, 0.5) is 5.69 Å². The number of rotatable bonds is 6. The molecule has 0 aliphatic carbocycles. The van der Waals surface area contributed by atoms with Gasteiger partial charge in [0.05, 0.1) is 17.2 Å². The predicted molar refractivity (Wildman–Crippen MR) is 75.8 cm³/mol. The molecule has 2 aromatic rings. The van der Waals surface area contributed by atoms with E-state index in [2.05, 4.69) is 15.3 Å². The largest absolute Gasteiger partial charge is 0.347 e. The Kier molecular flexibility index (Phi) is 4.36. The van der Waals surface area contributed by atoms with E-state index in [0.717, 1.165) is 0 Å². The Balaban J connectivity index is 2.21. The van der Waals surface area contributed by atoms with Gasteiger partial charge in [0, 0.05) is 25.0 Å². The van der Waals surface area contributed by atoms with Crippen LogP contribution in [0.25, 0.3) is 0 Å². The second kappa shape index (κ2) is 6.21. The number of hydrogen-bond acceptors (Lipinski definition) is 4. The minimum Gasteiger partial charge on any atom is -0.347 e. The SMILES string of the molecule is CCC(NC(=O)c1cc([N+](=O)[O-])cn1CC)c1ncc[nH]1. The average Bonchev–Trinajstić information content (AvgIpc) is 3.12. The summed E-state index contributed by atoms with van der Waals surface area (Å²) in [7, 11) is 0. The first-order chi connectivity index (χ1) is 10.1. The Morgan fingerprint density at radius 2 is 2.33 bits per heavy atom. The number of aryl methyl sites for hydroxylation is 1. The van der Waals surface area contributed by atoms with Gasteiger partial charge in [-0.3, -0.25) is 14.9 Å². The number of nitrogens with one attached hydrogen (secondary N) is 2. The van der Waals surface area contributed by atoms with Gasteiger partial charge in [0.2, 0.25) is 0 Å². The summed E-state index contributed by atoms with van der Waals surface area (Å²) in [5.41, 5.74) is 0.183. The van der Waals surface area contributed by atoms with E-state index in [1.54, 1.807) is 17.0 Å². The predicted octanol–water partition coefficient (Wildman–Crippen LogP) is 2.02. The van der Waals surface area contributed by atoms with Gasteiger partial charge in [-0.25, -0.2) is 4.98 Å². The molecule has 21 heavy (non-hydrogen) atoms. The highest BCUT2D eigenvalue weighted by atomic mass is 16.6. The van der Waals surface area contributed by atoms with Crippen LogP contribution in [0, 0.1) is 10.1 Å². The average molecular weight is 291 g/mol. The fraction of sp³-hybridized carbons (Fsp3) is 0.385. The molecule has 2 rings (SSSR count). The molecular formula is C13H17N5O3. The molecule has 0 aliphatic heterocycles. The molecule has 112 valence electrons. The Hall–Kier alpha value is -2.64. The van der Waals surface area contributed by atoms with Crippen LogP contribution in [0.3, 0.4) is 0 Å². The van der Waals surface area contributed by atoms with E-state index in [-0.39, 0.29) is 23.3 Å². The van der Waals surface area contributed by atoms with Gasteiger partial charge in [-0.05, 0) is 13.3 Å². The summed E-state index contributed by atoms with van der Waals surface area (Å²) in [6.07, 6.45) is 5.32. The molecule has 0 fully saturated rings. The molecule has 8 heteroatoms. The topological polar surface area (TPSA) is 106 Å². The molecule has 1 unspecified atom stereocenters. The van der Waals surface area contributed by atoms with Gasteiger partial charge in [-0.1, -0.05) is 6.92 Å². The standard InChI is InChI=1S/C13H17N5O3/c1-3-10(12-14-5-6-15-12)16-13(19)11-7-9(18(20)21)8-17(11)4-2/h5-8,10H,3-4H2,1-2H3,(H,14,15)(H,16,19). The molecule has 0 aromatic carbocycles. The molecule has 0 radical (unpaired) electrons. The summed E-state index contributed by atoms with van der Waals surface area (Å²) in [6, 6.07) is 1.03. The third kappa shape index (κ3) is 3.10. The monoisotopic (exact) mass is 291 g/mol. The third-order valence-corrected chi connectivity index (χ3v) is 3.23. The van der Waals surface area contributed by atoms with Crippen LogP contribution in [0.2, 0.25) is 0 Å². The lowest BCUT2D eigenvalue weighted by atomic mass is 10.2. The molecular weight excluding hydrogens is 274 g/mol. The van der Waals surface area contributed by atoms with Gasteiger partial charge >= 0.3 is 0 Å². The molecule has 2 aromatic heterocycles. The Bertz CT molecular complexity index is 632. The van der Waals surface area contributed by atoms with E-state index in [9.17, 15) is 14.9 Å². The smallest absolute Gasteiger partial charge is 0.287 e. The summed E-state index contributed by atoms with van der Waals surface area (Å²) in [4.78, 5) is 29.7. The van der Waals surface area contributed by atoms with E-state index < -0.39 is 4.92 Å². The number of nitro groups is 1. The zero-order chi connectivity index (χ0) is 15.4. The number of H-pyrrole nitrogens is 1. The van der Waals surface area contributed by atoms with Crippen molar-refractivity contribution in [3.05, 3.63) is 46.3 Å². The van der Waals surface area contributed by atoms with Gasteiger partial charge in [0.25, 0.3) is 11.6 Å². The maximum absolute atomic E-state index is 12.3. The zero-order valence-electron chi connectivity index (χ0n) is 11.9. The fourth-order valence-electron chi connectivity index (χ4n) is 2.11. The number of carbonyl (C=O) groups excluding carboxylic acids is 1. The zero-order valence-corrected chi connectivity index (χ0v) is 11.9. The van der Waals surface area contributed by atoms with Gasteiger partial charge in [-0.2, -0.15) is 0 Å². The fourth-order valence-corrected chi connectivity index (χ4v) is 2.11. The van der Waals surface area contributed by atoms with Crippen molar-refractivity contribution in [2.45, 2.75) is 32.9 Å². The molecule has 0 aliphatic rings. The van der Waals surface area contributed by atoms with Gasteiger partial charge < -0.3 is 14.9 Å².